The summed E-state index contributed by atoms with van der Waals surface area (Å²) in [5.74, 6) is 0.944. The Morgan fingerprint density at radius 3 is 2.52 bits per heavy atom. The Balaban J connectivity index is 1.83. The van der Waals surface area contributed by atoms with Crippen LogP contribution in [0.25, 0.3) is 0 Å². The minimum absolute atomic E-state index is 0.400. The van der Waals surface area contributed by atoms with Crippen LogP contribution in [0.1, 0.15) is 11.1 Å². The van der Waals surface area contributed by atoms with Gasteiger partial charge in [0.2, 0.25) is 0 Å². The summed E-state index contributed by atoms with van der Waals surface area (Å²) in [6.45, 7) is 0.970. The minimum atomic E-state index is -1.24. The van der Waals surface area contributed by atoms with Gasteiger partial charge in [0.15, 0.2) is 6.54 Å². The Bertz CT molecular complexity index is 917. The monoisotopic (exact) mass is 371 g/mol. The van der Waals surface area contributed by atoms with E-state index in [9.17, 15) is 5.11 Å². The highest BCUT2D eigenvalue weighted by molar-refractivity contribution is 6.35. The Labute approximate surface area is 156 Å². The van der Waals surface area contributed by atoms with E-state index >= 15 is 0 Å². The molecule has 0 saturated heterocycles. The van der Waals surface area contributed by atoms with Gasteiger partial charge in [0.05, 0.1) is 16.8 Å². The number of hydrogen-bond donors (Lipinski definition) is 1. The molecule has 0 aliphatic carbocycles. The van der Waals surface area contributed by atoms with E-state index < -0.39 is 5.72 Å². The predicted octanol–water partition coefficient (Wildman–Crippen LogP) is 4.15. The van der Waals surface area contributed by atoms with Crippen molar-refractivity contribution in [2.45, 2.75) is 18.8 Å². The van der Waals surface area contributed by atoms with Crippen LogP contribution in [-0.2, 0) is 18.8 Å². The van der Waals surface area contributed by atoms with Crippen LogP contribution in [0.15, 0.2) is 72.9 Å². The van der Waals surface area contributed by atoms with Crippen molar-refractivity contribution in [1.82, 2.24) is 0 Å². The predicted molar refractivity (Wildman–Crippen MR) is 99.6 cm³/mol. The Morgan fingerprint density at radius 2 is 1.76 bits per heavy atom. The number of rotatable bonds is 3. The summed E-state index contributed by atoms with van der Waals surface area (Å²) in [7, 11) is 0. The van der Waals surface area contributed by atoms with Crippen LogP contribution >= 0.6 is 23.2 Å². The number of aromatic nitrogens is 1. The fourth-order valence-corrected chi connectivity index (χ4v) is 3.94. The van der Waals surface area contributed by atoms with Crippen molar-refractivity contribution in [1.29, 1.82) is 0 Å². The lowest BCUT2D eigenvalue weighted by Crippen LogP contribution is -2.45. The van der Waals surface area contributed by atoms with Gasteiger partial charge in [-0.1, -0.05) is 59.6 Å². The fraction of sp³-hybridized carbons (Fsp3) is 0.150. The molecule has 4 rings (SSSR count). The molecule has 0 amide bonds. The number of hydrogen-bond acceptors (Lipinski definition) is 2. The molecule has 5 heteroatoms. The molecule has 2 heterocycles. The first-order chi connectivity index (χ1) is 12.1. The SMILES string of the molecule is O[C@@]1(c2ccc(Cl)cc2Cl)C[n+]2ccccc2N1Cc1ccccc1. The summed E-state index contributed by atoms with van der Waals surface area (Å²) >= 11 is 12.5. The number of pyridine rings is 1. The second-order valence-electron chi connectivity index (χ2n) is 6.20. The van der Waals surface area contributed by atoms with Crippen LogP contribution < -0.4 is 9.47 Å². The summed E-state index contributed by atoms with van der Waals surface area (Å²) in [5.41, 5.74) is 0.521. The maximum absolute atomic E-state index is 11.7. The largest absolute Gasteiger partial charge is 0.346 e. The Hall–Kier alpha value is -2.07. The van der Waals surface area contributed by atoms with E-state index in [1.807, 2.05) is 52.1 Å². The van der Waals surface area contributed by atoms with Crippen LogP contribution in [0.5, 0.6) is 0 Å². The summed E-state index contributed by atoms with van der Waals surface area (Å²) in [6.07, 6.45) is 1.97. The van der Waals surface area contributed by atoms with E-state index in [-0.39, 0.29) is 0 Å². The van der Waals surface area contributed by atoms with Gasteiger partial charge in [-0.2, -0.15) is 0 Å². The van der Waals surface area contributed by atoms with Crippen molar-refractivity contribution in [3.8, 4) is 0 Å². The number of benzene rings is 2. The van der Waals surface area contributed by atoms with Crippen LogP contribution in [0.4, 0.5) is 5.82 Å². The zero-order valence-electron chi connectivity index (χ0n) is 13.4. The van der Waals surface area contributed by atoms with Gasteiger partial charge in [-0.25, -0.2) is 9.47 Å². The van der Waals surface area contributed by atoms with Gasteiger partial charge in [-0.15, -0.1) is 0 Å². The van der Waals surface area contributed by atoms with E-state index in [1.165, 1.54) is 0 Å². The van der Waals surface area contributed by atoms with Gasteiger partial charge in [0, 0.05) is 11.1 Å². The molecule has 0 unspecified atom stereocenters. The lowest BCUT2D eigenvalue weighted by molar-refractivity contribution is -0.683. The van der Waals surface area contributed by atoms with E-state index in [0.29, 0.717) is 28.7 Å². The topological polar surface area (TPSA) is 27.4 Å². The molecule has 0 saturated carbocycles. The highest BCUT2D eigenvalue weighted by Crippen LogP contribution is 2.39. The first kappa shape index (κ1) is 16.4. The van der Waals surface area contributed by atoms with Gasteiger partial charge in [0.1, 0.15) is 6.54 Å². The standard InChI is InChI=1S/C20H17Cl2N2O/c21-16-9-10-17(18(22)12-16)20(25)14-23-11-5-4-8-19(23)24(20)13-15-6-2-1-3-7-15/h1-12,25H,13-14H2/q+1/t20-/m1/s1. The summed E-state index contributed by atoms with van der Waals surface area (Å²) < 4.78 is 2.04. The Morgan fingerprint density at radius 1 is 1.00 bits per heavy atom. The number of anilines is 1. The van der Waals surface area contributed by atoms with Crippen LogP contribution in [0.2, 0.25) is 10.0 Å². The number of aliphatic hydroxyl groups is 1. The first-order valence-electron chi connectivity index (χ1n) is 8.06. The molecule has 1 N–H and O–H groups in total. The summed E-state index contributed by atoms with van der Waals surface area (Å²) in [5, 5.41) is 12.7. The van der Waals surface area contributed by atoms with E-state index in [2.05, 4.69) is 12.1 Å². The molecule has 3 nitrogen and oxygen atoms in total. The van der Waals surface area contributed by atoms with Gasteiger partial charge in [0.25, 0.3) is 11.5 Å². The lowest BCUT2D eigenvalue weighted by Gasteiger charge is -2.28. The van der Waals surface area contributed by atoms with Gasteiger partial charge in [-0.05, 0) is 29.8 Å². The van der Waals surface area contributed by atoms with Crippen molar-refractivity contribution in [2.24, 2.45) is 0 Å². The summed E-state index contributed by atoms with van der Waals surface area (Å²) in [4.78, 5) is 1.98. The van der Waals surface area contributed by atoms with Crippen LogP contribution in [-0.4, -0.2) is 5.11 Å². The second kappa shape index (κ2) is 6.34. The van der Waals surface area contributed by atoms with Gasteiger partial charge in [-0.3, -0.25) is 0 Å². The van der Waals surface area contributed by atoms with Gasteiger partial charge >= 0.3 is 0 Å². The second-order valence-corrected chi connectivity index (χ2v) is 7.04. The molecule has 1 aromatic heterocycles. The maximum atomic E-state index is 11.7. The molecular weight excluding hydrogens is 355 g/mol. The van der Waals surface area contributed by atoms with Crippen molar-refractivity contribution < 1.29 is 9.67 Å². The zero-order valence-corrected chi connectivity index (χ0v) is 15.0. The fourth-order valence-electron chi connectivity index (χ4n) is 3.38. The first-order valence-corrected chi connectivity index (χ1v) is 8.81. The molecule has 3 aromatic rings. The van der Waals surface area contributed by atoms with E-state index in [1.54, 1.807) is 18.2 Å². The molecule has 126 valence electrons. The third-order valence-electron chi connectivity index (χ3n) is 4.58. The molecule has 0 spiro atoms. The molecule has 1 aliphatic heterocycles. The molecule has 0 bridgehead atoms. The number of nitrogens with zero attached hydrogens (tertiary/aromatic N) is 2. The van der Waals surface area contributed by atoms with Crippen LogP contribution in [0, 0.1) is 0 Å². The zero-order chi connectivity index (χ0) is 17.4. The lowest BCUT2D eigenvalue weighted by atomic mass is 10.0. The van der Waals surface area contributed by atoms with Crippen molar-refractivity contribution in [3.63, 3.8) is 0 Å². The van der Waals surface area contributed by atoms with Crippen molar-refractivity contribution in [2.75, 3.05) is 4.90 Å². The molecule has 0 fully saturated rings. The molecule has 2 aromatic carbocycles. The summed E-state index contributed by atoms with van der Waals surface area (Å²) in [6, 6.07) is 21.2. The maximum Gasteiger partial charge on any atom is 0.279 e. The smallest absolute Gasteiger partial charge is 0.279 e. The molecule has 0 radical (unpaired) electrons. The minimum Gasteiger partial charge on any atom is -0.346 e. The Kier molecular flexibility index (Phi) is 4.16. The number of halogens is 2. The normalized spacial score (nSPS) is 19.1. The highest BCUT2D eigenvalue weighted by Gasteiger charge is 2.52. The molecular formula is C20H17Cl2N2O+. The van der Waals surface area contributed by atoms with Crippen LogP contribution in [0.3, 0.4) is 0 Å². The quantitative estimate of drug-likeness (QED) is 0.700. The molecule has 1 atom stereocenters. The van der Waals surface area contributed by atoms with Crippen molar-refractivity contribution >= 4 is 29.0 Å². The highest BCUT2D eigenvalue weighted by atomic mass is 35.5. The average molecular weight is 372 g/mol. The molecule has 25 heavy (non-hydrogen) atoms. The van der Waals surface area contributed by atoms with Crippen molar-refractivity contribution in [3.05, 3.63) is 94.1 Å². The number of fused-ring (bicyclic) bond motifs is 1. The average Bonchev–Trinajstić information content (AvgIpc) is 2.88. The third kappa shape index (κ3) is 2.89. The van der Waals surface area contributed by atoms with E-state index in [0.717, 1.165) is 11.4 Å². The van der Waals surface area contributed by atoms with Gasteiger partial charge < -0.3 is 5.11 Å². The molecule has 1 aliphatic rings. The third-order valence-corrected chi connectivity index (χ3v) is 5.12. The van der Waals surface area contributed by atoms with E-state index in [4.69, 9.17) is 23.2 Å².